The van der Waals surface area contributed by atoms with Crippen LogP contribution < -0.4 is 5.32 Å². The van der Waals surface area contributed by atoms with E-state index < -0.39 is 0 Å². The third-order valence-electron chi connectivity index (χ3n) is 3.91. The molecule has 3 rings (SSSR count). The molecule has 5 heteroatoms. The molecule has 0 radical (unpaired) electrons. The molecular formula is C19H21N3OS. The third-order valence-corrected chi connectivity index (χ3v) is 5.14. The van der Waals surface area contributed by atoms with Crippen molar-refractivity contribution in [2.24, 2.45) is 0 Å². The minimum Gasteiger partial charge on any atom is -0.321 e. The average molecular weight is 339 g/mol. The molecule has 0 spiro atoms. The summed E-state index contributed by atoms with van der Waals surface area (Å²) < 4.78 is 1.93. The smallest absolute Gasteiger partial charge is 0.265 e. The predicted molar refractivity (Wildman–Crippen MR) is 99.2 cm³/mol. The Balaban J connectivity index is 1.72. The van der Waals surface area contributed by atoms with Gasteiger partial charge in [0, 0.05) is 28.6 Å². The van der Waals surface area contributed by atoms with Gasteiger partial charge in [0.25, 0.3) is 5.91 Å². The van der Waals surface area contributed by atoms with E-state index in [9.17, 15) is 4.79 Å². The number of amides is 1. The molecule has 1 N–H and O–H groups in total. The number of hydrogen-bond acceptors (Lipinski definition) is 3. The molecule has 2 aromatic heterocycles. The zero-order chi connectivity index (χ0) is 16.9. The quantitative estimate of drug-likeness (QED) is 0.707. The summed E-state index contributed by atoms with van der Waals surface area (Å²) in [4.78, 5) is 18.7. The van der Waals surface area contributed by atoms with Crippen LogP contribution in [-0.4, -0.2) is 15.5 Å². The predicted octanol–water partition coefficient (Wildman–Crippen LogP) is 4.70. The van der Waals surface area contributed by atoms with E-state index >= 15 is 0 Å². The van der Waals surface area contributed by atoms with Crippen LogP contribution in [0, 0.1) is 0 Å². The second-order valence-electron chi connectivity index (χ2n) is 5.63. The lowest BCUT2D eigenvalue weighted by Crippen LogP contribution is -2.10. The van der Waals surface area contributed by atoms with Gasteiger partial charge < -0.3 is 9.88 Å². The maximum absolute atomic E-state index is 12.5. The number of carbonyl (C=O) groups is 1. The highest BCUT2D eigenvalue weighted by Gasteiger charge is 2.13. The first-order valence-electron chi connectivity index (χ1n) is 8.22. The lowest BCUT2D eigenvalue weighted by atomic mass is 10.1. The third kappa shape index (κ3) is 3.57. The molecule has 0 atom stereocenters. The zero-order valence-electron chi connectivity index (χ0n) is 14.0. The summed E-state index contributed by atoms with van der Waals surface area (Å²) in [5, 5.41) is 2.98. The number of anilines is 1. The second kappa shape index (κ2) is 7.45. The second-order valence-corrected chi connectivity index (χ2v) is 6.77. The van der Waals surface area contributed by atoms with Crippen molar-refractivity contribution in [3.05, 3.63) is 64.4 Å². The number of aromatic nitrogens is 2. The summed E-state index contributed by atoms with van der Waals surface area (Å²) in [7, 11) is 0. The van der Waals surface area contributed by atoms with Crippen LogP contribution in [0.25, 0.3) is 5.69 Å². The summed E-state index contributed by atoms with van der Waals surface area (Å²) in [6, 6.07) is 9.78. The Kier molecular flexibility index (Phi) is 5.11. The van der Waals surface area contributed by atoms with Crippen molar-refractivity contribution in [1.82, 2.24) is 9.55 Å². The van der Waals surface area contributed by atoms with Crippen molar-refractivity contribution in [2.75, 3.05) is 5.32 Å². The van der Waals surface area contributed by atoms with Gasteiger partial charge in [-0.25, -0.2) is 4.98 Å². The largest absolute Gasteiger partial charge is 0.321 e. The van der Waals surface area contributed by atoms with Gasteiger partial charge in [-0.05, 0) is 48.7 Å². The normalized spacial score (nSPS) is 10.8. The summed E-state index contributed by atoms with van der Waals surface area (Å²) in [5.74, 6) is -0.0348. The molecule has 3 aromatic rings. The summed E-state index contributed by atoms with van der Waals surface area (Å²) in [5.41, 5.74) is 3.11. The molecule has 1 amide bonds. The van der Waals surface area contributed by atoms with Crippen molar-refractivity contribution in [1.29, 1.82) is 0 Å². The summed E-state index contributed by atoms with van der Waals surface area (Å²) >= 11 is 1.61. The van der Waals surface area contributed by atoms with E-state index in [-0.39, 0.29) is 5.91 Å². The molecule has 0 unspecified atom stereocenters. The van der Waals surface area contributed by atoms with Crippen LogP contribution in [0.4, 0.5) is 5.69 Å². The van der Waals surface area contributed by atoms with E-state index in [0.717, 1.165) is 35.5 Å². The Morgan fingerprint density at radius 1 is 1.25 bits per heavy atom. The topological polar surface area (TPSA) is 46.9 Å². The number of imidazole rings is 1. The highest BCUT2D eigenvalue weighted by atomic mass is 32.1. The number of nitrogens with zero attached hydrogens (tertiary/aromatic N) is 2. The molecule has 0 saturated carbocycles. The molecule has 2 heterocycles. The molecule has 0 fully saturated rings. The molecule has 124 valence electrons. The maximum atomic E-state index is 12.5. The first-order valence-corrected chi connectivity index (χ1v) is 9.04. The molecule has 0 aliphatic carbocycles. The molecular weight excluding hydrogens is 318 g/mol. The first-order chi connectivity index (χ1) is 11.7. The van der Waals surface area contributed by atoms with Gasteiger partial charge in [0.05, 0.1) is 11.2 Å². The van der Waals surface area contributed by atoms with Crippen LogP contribution in [0.1, 0.15) is 40.4 Å². The molecule has 4 nitrogen and oxygen atoms in total. The zero-order valence-corrected chi connectivity index (χ0v) is 14.8. The highest BCUT2D eigenvalue weighted by Crippen LogP contribution is 2.25. The van der Waals surface area contributed by atoms with Gasteiger partial charge in [-0.15, -0.1) is 11.3 Å². The van der Waals surface area contributed by atoms with Crippen LogP contribution >= 0.6 is 11.3 Å². The fourth-order valence-electron chi connectivity index (χ4n) is 2.64. The Hall–Kier alpha value is -2.40. The number of rotatable bonds is 6. The average Bonchev–Trinajstić information content (AvgIpc) is 3.25. The van der Waals surface area contributed by atoms with Crippen molar-refractivity contribution in [2.45, 2.75) is 33.1 Å². The van der Waals surface area contributed by atoms with Crippen LogP contribution in [0.5, 0.6) is 0 Å². The SMILES string of the molecule is CCCc1sc(C(=O)Nc2ccc(-n3ccnc3)cc2)cc1CC. The number of aryl methyl sites for hydroxylation is 2. The Bertz CT molecular complexity index is 804. The van der Waals surface area contributed by atoms with Gasteiger partial charge in [-0.3, -0.25) is 4.79 Å². The van der Waals surface area contributed by atoms with E-state index in [1.54, 1.807) is 23.9 Å². The minimum absolute atomic E-state index is 0.0348. The van der Waals surface area contributed by atoms with E-state index in [0.29, 0.717) is 0 Å². The van der Waals surface area contributed by atoms with Gasteiger partial charge in [0.2, 0.25) is 0 Å². The fraction of sp³-hybridized carbons (Fsp3) is 0.263. The summed E-state index contributed by atoms with van der Waals surface area (Å²) in [6.07, 6.45) is 8.50. The van der Waals surface area contributed by atoms with Crippen molar-refractivity contribution in [3.63, 3.8) is 0 Å². The molecule has 0 aliphatic rings. The van der Waals surface area contributed by atoms with E-state index in [1.165, 1.54) is 10.4 Å². The minimum atomic E-state index is -0.0348. The number of hydrogen-bond donors (Lipinski definition) is 1. The maximum Gasteiger partial charge on any atom is 0.265 e. The van der Waals surface area contributed by atoms with Crippen LogP contribution in [0.15, 0.2) is 49.1 Å². The van der Waals surface area contributed by atoms with Gasteiger partial charge >= 0.3 is 0 Å². The van der Waals surface area contributed by atoms with Gasteiger partial charge in [-0.1, -0.05) is 20.3 Å². The lowest BCUT2D eigenvalue weighted by Gasteiger charge is -2.06. The number of nitrogens with one attached hydrogen (secondary N) is 1. The molecule has 0 aliphatic heterocycles. The van der Waals surface area contributed by atoms with Crippen molar-refractivity contribution in [3.8, 4) is 5.69 Å². The van der Waals surface area contributed by atoms with Gasteiger partial charge in [-0.2, -0.15) is 0 Å². The van der Waals surface area contributed by atoms with Crippen molar-refractivity contribution >= 4 is 22.9 Å². The number of thiophene rings is 1. The molecule has 1 aromatic carbocycles. The van der Waals surface area contributed by atoms with E-state index in [4.69, 9.17) is 0 Å². The highest BCUT2D eigenvalue weighted by molar-refractivity contribution is 7.14. The fourth-order valence-corrected chi connectivity index (χ4v) is 3.89. The number of benzene rings is 1. The molecule has 0 bridgehead atoms. The number of carbonyl (C=O) groups excluding carboxylic acids is 1. The monoisotopic (exact) mass is 339 g/mol. The van der Waals surface area contributed by atoms with E-state index in [2.05, 4.69) is 24.1 Å². The summed E-state index contributed by atoms with van der Waals surface area (Å²) in [6.45, 7) is 4.30. The molecule has 24 heavy (non-hydrogen) atoms. The Morgan fingerprint density at radius 2 is 2.04 bits per heavy atom. The standard InChI is InChI=1S/C19H21N3OS/c1-3-5-17-14(4-2)12-18(24-17)19(23)21-15-6-8-16(9-7-15)22-11-10-20-13-22/h6-13H,3-5H2,1-2H3,(H,21,23). The lowest BCUT2D eigenvalue weighted by molar-refractivity contribution is 0.103. The molecule has 0 saturated heterocycles. The Labute approximate surface area is 146 Å². The van der Waals surface area contributed by atoms with Gasteiger partial charge in [0.1, 0.15) is 0 Å². The van der Waals surface area contributed by atoms with E-state index in [1.807, 2.05) is 41.1 Å². The Morgan fingerprint density at radius 3 is 2.67 bits per heavy atom. The van der Waals surface area contributed by atoms with Crippen LogP contribution in [0.2, 0.25) is 0 Å². The van der Waals surface area contributed by atoms with Crippen LogP contribution in [-0.2, 0) is 12.8 Å². The first kappa shape index (κ1) is 16.5. The van der Waals surface area contributed by atoms with Crippen molar-refractivity contribution < 1.29 is 4.79 Å². The van der Waals surface area contributed by atoms with Gasteiger partial charge in [0.15, 0.2) is 0 Å². The van der Waals surface area contributed by atoms with Crippen LogP contribution in [0.3, 0.4) is 0 Å².